The molecule has 1 aliphatic carbocycles. The van der Waals surface area contributed by atoms with Gasteiger partial charge in [-0.3, -0.25) is 4.79 Å². The summed E-state index contributed by atoms with van der Waals surface area (Å²) in [5.41, 5.74) is 0. The van der Waals surface area contributed by atoms with Crippen molar-refractivity contribution in [2.24, 2.45) is 5.92 Å². The Bertz CT molecular complexity index is 410. The minimum absolute atomic E-state index is 0.139. The number of aliphatic hydroxyl groups excluding tert-OH is 1. The Morgan fingerprint density at radius 2 is 2.10 bits per heavy atom. The number of hydrogen-bond acceptors (Lipinski definition) is 3. The number of carbonyl (C=O) groups is 1. The summed E-state index contributed by atoms with van der Waals surface area (Å²) in [6.45, 7) is 0.724. The van der Waals surface area contributed by atoms with Crippen LogP contribution in [0.1, 0.15) is 32.1 Å². The monoisotopic (exact) mass is 293 g/mol. The second-order valence-corrected chi connectivity index (χ2v) is 6.57. The van der Waals surface area contributed by atoms with Crippen LogP contribution >= 0.6 is 11.8 Å². The molecule has 1 fully saturated rings. The lowest BCUT2D eigenvalue weighted by Gasteiger charge is -2.10. The molecule has 0 aromatic heterocycles. The smallest absolute Gasteiger partial charge is 0.220 e. The van der Waals surface area contributed by atoms with Crippen LogP contribution in [0.25, 0.3) is 0 Å². The van der Waals surface area contributed by atoms with Crippen molar-refractivity contribution in [1.82, 2.24) is 5.32 Å². The second kappa shape index (κ2) is 8.32. The summed E-state index contributed by atoms with van der Waals surface area (Å²) in [6.07, 6.45) is 4.09. The molecule has 0 radical (unpaired) electrons. The van der Waals surface area contributed by atoms with Gasteiger partial charge in [0.2, 0.25) is 5.91 Å². The van der Waals surface area contributed by atoms with Crippen molar-refractivity contribution < 1.29 is 9.90 Å². The van der Waals surface area contributed by atoms with Crippen molar-refractivity contribution in [3.05, 3.63) is 30.3 Å². The van der Waals surface area contributed by atoms with Crippen LogP contribution in [0.2, 0.25) is 0 Å². The molecular weight excluding hydrogens is 270 g/mol. The molecule has 20 heavy (non-hydrogen) atoms. The predicted molar refractivity (Wildman–Crippen MR) is 82.8 cm³/mol. The van der Waals surface area contributed by atoms with Gasteiger partial charge in [-0.05, 0) is 49.5 Å². The Hall–Kier alpha value is -1.00. The third kappa shape index (κ3) is 5.55. The van der Waals surface area contributed by atoms with Crippen molar-refractivity contribution in [3.8, 4) is 0 Å². The maximum atomic E-state index is 11.7. The number of rotatable bonds is 7. The molecule has 2 rings (SSSR count). The molecule has 3 nitrogen and oxygen atoms in total. The van der Waals surface area contributed by atoms with Gasteiger partial charge in [0.15, 0.2) is 0 Å². The summed E-state index contributed by atoms with van der Waals surface area (Å²) in [4.78, 5) is 13.0. The fourth-order valence-corrected chi connectivity index (χ4v) is 3.39. The highest BCUT2D eigenvalue weighted by Gasteiger charge is 2.22. The lowest BCUT2D eigenvalue weighted by atomic mass is 10.1. The topological polar surface area (TPSA) is 49.3 Å². The van der Waals surface area contributed by atoms with E-state index in [0.29, 0.717) is 12.3 Å². The van der Waals surface area contributed by atoms with E-state index in [9.17, 15) is 9.90 Å². The molecule has 4 heteroatoms. The first-order chi connectivity index (χ1) is 9.74. The Labute approximate surface area is 125 Å². The largest absolute Gasteiger partial charge is 0.393 e. The SMILES string of the molecule is O=C(CCCSc1ccccc1)NCC1CCC(O)C1. The summed E-state index contributed by atoms with van der Waals surface area (Å²) in [6, 6.07) is 10.3. The van der Waals surface area contributed by atoms with E-state index in [1.807, 2.05) is 18.2 Å². The van der Waals surface area contributed by atoms with Crippen LogP contribution in [0.15, 0.2) is 35.2 Å². The molecular formula is C16H23NO2S. The van der Waals surface area contributed by atoms with E-state index in [-0.39, 0.29) is 12.0 Å². The van der Waals surface area contributed by atoms with Crippen LogP contribution in [-0.4, -0.2) is 29.4 Å². The number of amides is 1. The number of carbonyl (C=O) groups excluding carboxylic acids is 1. The van der Waals surface area contributed by atoms with E-state index in [1.54, 1.807) is 11.8 Å². The minimum Gasteiger partial charge on any atom is -0.393 e. The van der Waals surface area contributed by atoms with Gasteiger partial charge in [-0.2, -0.15) is 0 Å². The highest BCUT2D eigenvalue weighted by Crippen LogP contribution is 2.24. The van der Waals surface area contributed by atoms with Crippen LogP contribution in [-0.2, 0) is 4.79 Å². The Morgan fingerprint density at radius 1 is 1.30 bits per heavy atom. The van der Waals surface area contributed by atoms with Crippen LogP contribution in [0.3, 0.4) is 0 Å². The number of aliphatic hydroxyl groups is 1. The molecule has 110 valence electrons. The Balaban J connectivity index is 1.52. The Kier molecular flexibility index (Phi) is 6.40. The van der Waals surface area contributed by atoms with Crippen LogP contribution < -0.4 is 5.32 Å². The molecule has 0 aliphatic heterocycles. The number of benzene rings is 1. The van der Waals surface area contributed by atoms with Gasteiger partial charge in [-0.1, -0.05) is 18.2 Å². The molecule has 1 amide bonds. The second-order valence-electron chi connectivity index (χ2n) is 5.40. The number of hydrogen-bond donors (Lipinski definition) is 2. The van der Waals surface area contributed by atoms with Gasteiger partial charge in [0.05, 0.1) is 6.10 Å². The molecule has 2 N–H and O–H groups in total. The van der Waals surface area contributed by atoms with E-state index >= 15 is 0 Å². The van der Waals surface area contributed by atoms with E-state index in [1.165, 1.54) is 4.90 Å². The third-order valence-electron chi connectivity index (χ3n) is 3.66. The van der Waals surface area contributed by atoms with Crippen molar-refractivity contribution >= 4 is 17.7 Å². The summed E-state index contributed by atoms with van der Waals surface area (Å²) < 4.78 is 0. The quantitative estimate of drug-likeness (QED) is 0.600. The average molecular weight is 293 g/mol. The molecule has 0 heterocycles. The highest BCUT2D eigenvalue weighted by atomic mass is 32.2. The lowest BCUT2D eigenvalue weighted by molar-refractivity contribution is -0.121. The third-order valence-corrected chi connectivity index (χ3v) is 4.76. The van der Waals surface area contributed by atoms with Gasteiger partial charge in [0.25, 0.3) is 0 Å². The molecule has 1 aromatic carbocycles. The summed E-state index contributed by atoms with van der Waals surface area (Å²) in [5.74, 6) is 1.58. The molecule has 1 saturated carbocycles. The van der Waals surface area contributed by atoms with Crippen LogP contribution in [0.4, 0.5) is 0 Å². The molecule has 0 spiro atoms. The first-order valence-electron chi connectivity index (χ1n) is 7.36. The predicted octanol–water partition coefficient (Wildman–Crippen LogP) is 2.84. The van der Waals surface area contributed by atoms with Gasteiger partial charge in [0.1, 0.15) is 0 Å². The first kappa shape index (κ1) is 15.4. The standard InChI is InChI=1S/C16H23NO2S/c18-14-9-8-13(11-14)12-17-16(19)7-4-10-20-15-5-2-1-3-6-15/h1-3,5-6,13-14,18H,4,7-12H2,(H,17,19). The van der Waals surface area contributed by atoms with E-state index in [2.05, 4.69) is 17.4 Å². The molecule has 0 saturated heterocycles. The van der Waals surface area contributed by atoms with E-state index in [0.717, 1.165) is 38.0 Å². The minimum atomic E-state index is -0.154. The van der Waals surface area contributed by atoms with Crippen molar-refractivity contribution in [1.29, 1.82) is 0 Å². The normalized spacial score (nSPS) is 21.9. The zero-order valence-electron chi connectivity index (χ0n) is 11.8. The van der Waals surface area contributed by atoms with Gasteiger partial charge < -0.3 is 10.4 Å². The maximum Gasteiger partial charge on any atom is 0.220 e. The molecule has 1 aliphatic rings. The summed E-state index contributed by atoms with van der Waals surface area (Å²) in [7, 11) is 0. The Morgan fingerprint density at radius 3 is 2.80 bits per heavy atom. The highest BCUT2D eigenvalue weighted by molar-refractivity contribution is 7.99. The summed E-state index contributed by atoms with van der Waals surface area (Å²) in [5, 5.41) is 12.4. The molecule has 0 bridgehead atoms. The zero-order chi connectivity index (χ0) is 14.2. The first-order valence-corrected chi connectivity index (χ1v) is 8.35. The molecule has 1 aromatic rings. The number of thioether (sulfide) groups is 1. The summed E-state index contributed by atoms with van der Waals surface area (Å²) >= 11 is 1.79. The van der Waals surface area contributed by atoms with Gasteiger partial charge in [-0.25, -0.2) is 0 Å². The van der Waals surface area contributed by atoms with Crippen molar-refractivity contribution in [3.63, 3.8) is 0 Å². The molecule has 2 unspecified atom stereocenters. The number of nitrogens with one attached hydrogen (secondary N) is 1. The maximum absolute atomic E-state index is 11.7. The van der Waals surface area contributed by atoms with Gasteiger partial charge in [-0.15, -0.1) is 11.8 Å². The fraction of sp³-hybridized carbons (Fsp3) is 0.562. The van der Waals surface area contributed by atoms with Crippen LogP contribution in [0, 0.1) is 5.92 Å². The lowest BCUT2D eigenvalue weighted by Crippen LogP contribution is -2.28. The average Bonchev–Trinajstić information content (AvgIpc) is 2.88. The van der Waals surface area contributed by atoms with Crippen molar-refractivity contribution in [2.45, 2.75) is 43.1 Å². The van der Waals surface area contributed by atoms with E-state index < -0.39 is 0 Å². The zero-order valence-corrected chi connectivity index (χ0v) is 12.6. The van der Waals surface area contributed by atoms with E-state index in [4.69, 9.17) is 0 Å². The van der Waals surface area contributed by atoms with Crippen LogP contribution in [0.5, 0.6) is 0 Å². The van der Waals surface area contributed by atoms with Crippen molar-refractivity contribution in [2.75, 3.05) is 12.3 Å². The van der Waals surface area contributed by atoms with Gasteiger partial charge in [0, 0.05) is 17.9 Å². The van der Waals surface area contributed by atoms with Gasteiger partial charge >= 0.3 is 0 Å². The fourth-order valence-electron chi connectivity index (χ4n) is 2.52. The molecule has 2 atom stereocenters.